The van der Waals surface area contributed by atoms with Crippen LogP contribution in [0.15, 0.2) is 36.4 Å². The predicted molar refractivity (Wildman–Crippen MR) is 120 cm³/mol. The van der Waals surface area contributed by atoms with Crippen LogP contribution in [0.1, 0.15) is 10.4 Å². The summed E-state index contributed by atoms with van der Waals surface area (Å²) in [6, 6.07) is 10.5. The number of benzene rings is 2. The van der Waals surface area contributed by atoms with Gasteiger partial charge in [-0.05, 0) is 44.4 Å². The summed E-state index contributed by atoms with van der Waals surface area (Å²) in [7, 11) is 5.50. The molecule has 0 bridgehead atoms. The lowest BCUT2D eigenvalue weighted by atomic mass is 10.2. The van der Waals surface area contributed by atoms with E-state index in [0.29, 0.717) is 45.1 Å². The van der Waals surface area contributed by atoms with Gasteiger partial charge in [-0.3, -0.25) is 9.69 Å². The van der Waals surface area contributed by atoms with Crippen molar-refractivity contribution in [2.75, 3.05) is 39.2 Å². The number of halogens is 3. The summed E-state index contributed by atoms with van der Waals surface area (Å²) in [5.41, 5.74) is 1.16. The molecule has 0 N–H and O–H groups in total. The number of thiazole rings is 1. The number of aromatic nitrogens is 1. The molecule has 0 aliphatic carbocycles. The molecule has 0 aliphatic heterocycles. The smallest absolute Gasteiger partial charge is 0.260 e. The Bertz CT molecular complexity index is 978. The number of carbonyl (C=O) groups is 1. The van der Waals surface area contributed by atoms with Gasteiger partial charge in [-0.25, -0.2) is 4.98 Å². The van der Waals surface area contributed by atoms with Crippen LogP contribution >= 0.6 is 46.9 Å². The minimum absolute atomic E-state index is 0. The Morgan fingerprint density at radius 2 is 1.93 bits per heavy atom. The van der Waals surface area contributed by atoms with Crippen molar-refractivity contribution in [3.8, 4) is 5.75 Å². The molecule has 1 amide bonds. The number of carbonyl (C=O) groups excluding carboxylic acids is 1. The third-order valence-corrected chi connectivity index (χ3v) is 5.76. The topological polar surface area (TPSA) is 45.7 Å². The van der Waals surface area contributed by atoms with Crippen LogP contribution in [0.3, 0.4) is 0 Å². The van der Waals surface area contributed by atoms with E-state index < -0.39 is 0 Å². The Balaban J connectivity index is 0.00000280. The van der Waals surface area contributed by atoms with Gasteiger partial charge in [0.2, 0.25) is 0 Å². The maximum Gasteiger partial charge on any atom is 0.260 e. The summed E-state index contributed by atoms with van der Waals surface area (Å²) in [5.74, 6) is 0.466. The van der Waals surface area contributed by atoms with Gasteiger partial charge in [0.25, 0.3) is 5.91 Å². The zero-order chi connectivity index (χ0) is 19.6. The standard InChI is InChI=1S/C19H19Cl2N3O2S.ClH/c1-23(2)9-10-24(18(25)12-5-4-6-13(20)11-12)19-22-16-15(26-3)8-7-14(21)17(16)27-19;/h4-8,11H,9-10H2,1-3H3;1H. The molecule has 9 heteroatoms. The van der Waals surface area contributed by atoms with Crippen molar-refractivity contribution in [3.63, 3.8) is 0 Å². The molecule has 2 aromatic carbocycles. The van der Waals surface area contributed by atoms with Crippen LogP contribution in [0.4, 0.5) is 5.13 Å². The molecule has 28 heavy (non-hydrogen) atoms. The third kappa shape index (κ3) is 4.88. The number of rotatable bonds is 6. The van der Waals surface area contributed by atoms with Crippen LogP contribution in [0.2, 0.25) is 10.0 Å². The van der Waals surface area contributed by atoms with Crippen LogP contribution in [0, 0.1) is 0 Å². The van der Waals surface area contributed by atoms with Crippen molar-refractivity contribution in [2.24, 2.45) is 0 Å². The number of methoxy groups -OCH3 is 1. The molecule has 0 saturated carbocycles. The molecule has 3 rings (SSSR count). The van der Waals surface area contributed by atoms with E-state index >= 15 is 0 Å². The largest absolute Gasteiger partial charge is 0.494 e. The lowest BCUT2D eigenvalue weighted by Crippen LogP contribution is -2.36. The van der Waals surface area contributed by atoms with Crippen molar-refractivity contribution in [1.29, 1.82) is 0 Å². The van der Waals surface area contributed by atoms with Gasteiger partial charge in [-0.2, -0.15) is 0 Å². The molecule has 1 heterocycles. The van der Waals surface area contributed by atoms with Crippen LogP contribution in [-0.2, 0) is 0 Å². The first-order chi connectivity index (χ1) is 12.9. The summed E-state index contributed by atoms with van der Waals surface area (Å²) in [6.45, 7) is 1.17. The molecule has 0 spiro atoms. The fourth-order valence-electron chi connectivity index (χ4n) is 2.58. The first kappa shape index (κ1) is 22.7. The molecule has 0 fully saturated rings. The highest BCUT2D eigenvalue weighted by atomic mass is 35.5. The minimum atomic E-state index is -0.159. The van der Waals surface area contributed by atoms with Crippen LogP contribution in [0.25, 0.3) is 10.2 Å². The number of anilines is 1. The Kier molecular flexibility index (Phi) is 7.92. The van der Waals surface area contributed by atoms with E-state index in [9.17, 15) is 4.79 Å². The molecule has 150 valence electrons. The van der Waals surface area contributed by atoms with Crippen molar-refractivity contribution in [3.05, 3.63) is 52.0 Å². The van der Waals surface area contributed by atoms with Crippen LogP contribution in [-0.4, -0.2) is 50.1 Å². The second kappa shape index (κ2) is 9.76. The maximum absolute atomic E-state index is 13.2. The quantitative estimate of drug-likeness (QED) is 0.504. The normalized spacial score (nSPS) is 10.8. The zero-order valence-corrected chi connectivity index (χ0v) is 18.8. The van der Waals surface area contributed by atoms with Gasteiger partial charge in [0.1, 0.15) is 11.3 Å². The molecule has 0 aliphatic rings. The first-order valence-electron chi connectivity index (χ1n) is 8.26. The van der Waals surface area contributed by atoms with E-state index in [2.05, 4.69) is 4.98 Å². The molecular formula is C19H20Cl3N3O2S. The van der Waals surface area contributed by atoms with E-state index in [1.165, 1.54) is 11.3 Å². The number of nitrogens with zero attached hydrogens (tertiary/aromatic N) is 3. The number of hydrogen-bond donors (Lipinski definition) is 0. The van der Waals surface area contributed by atoms with Crippen molar-refractivity contribution in [2.45, 2.75) is 0 Å². The van der Waals surface area contributed by atoms with E-state index in [1.54, 1.807) is 48.4 Å². The second-order valence-electron chi connectivity index (χ2n) is 6.19. The zero-order valence-electron chi connectivity index (χ0n) is 15.6. The Labute approximate surface area is 184 Å². The number of hydrogen-bond acceptors (Lipinski definition) is 5. The second-order valence-corrected chi connectivity index (χ2v) is 8.02. The predicted octanol–water partition coefficient (Wildman–Crippen LogP) is 5.24. The average Bonchev–Trinajstić information content (AvgIpc) is 3.08. The first-order valence-corrected chi connectivity index (χ1v) is 9.83. The fraction of sp³-hybridized carbons (Fsp3) is 0.263. The number of fused-ring (bicyclic) bond motifs is 1. The molecule has 0 radical (unpaired) electrons. The lowest BCUT2D eigenvalue weighted by molar-refractivity contribution is 0.0985. The SMILES string of the molecule is COc1ccc(Cl)c2sc(N(CCN(C)C)C(=O)c3cccc(Cl)c3)nc12.Cl. The monoisotopic (exact) mass is 459 g/mol. The number of likely N-dealkylation sites (N-methyl/N-ethyl adjacent to an activating group) is 1. The Hall–Kier alpha value is -1.57. The Morgan fingerprint density at radius 1 is 1.18 bits per heavy atom. The van der Waals surface area contributed by atoms with Crippen molar-refractivity contribution >= 4 is 68.2 Å². The van der Waals surface area contributed by atoms with Crippen molar-refractivity contribution in [1.82, 2.24) is 9.88 Å². The van der Waals surface area contributed by atoms with Gasteiger partial charge >= 0.3 is 0 Å². The van der Waals surface area contributed by atoms with E-state index in [-0.39, 0.29) is 18.3 Å². The third-order valence-electron chi connectivity index (χ3n) is 3.99. The van der Waals surface area contributed by atoms with Gasteiger partial charge in [0, 0.05) is 23.7 Å². The van der Waals surface area contributed by atoms with Gasteiger partial charge in [-0.1, -0.05) is 40.6 Å². The summed E-state index contributed by atoms with van der Waals surface area (Å²) < 4.78 is 6.18. The lowest BCUT2D eigenvalue weighted by Gasteiger charge is -2.22. The minimum Gasteiger partial charge on any atom is -0.494 e. The molecular weight excluding hydrogens is 441 g/mol. The van der Waals surface area contributed by atoms with Crippen LogP contribution in [0.5, 0.6) is 5.75 Å². The van der Waals surface area contributed by atoms with E-state index in [0.717, 1.165) is 4.70 Å². The summed E-state index contributed by atoms with van der Waals surface area (Å²) in [6.07, 6.45) is 0. The molecule has 1 aromatic heterocycles. The highest BCUT2D eigenvalue weighted by Crippen LogP contribution is 2.39. The summed E-state index contributed by atoms with van der Waals surface area (Å²) in [4.78, 5) is 21.5. The number of amides is 1. The Morgan fingerprint density at radius 3 is 2.57 bits per heavy atom. The molecule has 3 aromatic rings. The van der Waals surface area contributed by atoms with Crippen LogP contribution < -0.4 is 9.64 Å². The van der Waals surface area contributed by atoms with Gasteiger partial charge < -0.3 is 9.64 Å². The summed E-state index contributed by atoms with van der Waals surface area (Å²) in [5, 5.41) is 1.67. The summed E-state index contributed by atoms with van der Waals surface area (Å²) >= 11 is 13.8. The van der Waals surface area contributed by atoms with E-state index in [1.807, 2.05) is 19.0 Å². The molecule has 5 nitrogen and oxygen atoms in total. The molecule has 0 atom stereocenters. The highest BCUT2D eigenvalue weighted by Gasteiger charge is 2.23. The average molecular weight is 461 g/mol. The number of ether oxygens (including phenoxy) is 1. The molecule has 0 saturated heterocycles. The fourth-order valence-corrected chi connectivity index (χ4v) is 4.05. The maximum atomic E-state index is 13.2. The molecule has 0 unspecified atom stereocenters. The van der Waals surface area contributed by atoms with Crippen molar-refractivity contribution < 1.29 is 9.53 Å². The highest BCUT2D eigenvalue weighted by molar-refractivity contribution is 7.23. The van der Waals surface area contributed by atoms with E-state index in [4.69, 9.17) is 27.9 Å². The van der Waals surface area contributed by atoms with Gasteiger partial charge in [0.05, 0.1) is 16.8 Å². The van der Waals surface area contributed by atoms with Gasteiger partial charge in [0.15, 0.2) is 5.13 Å². The van der Waals surface area contributed by atoms with Gasteiger partial charge in [-0.15, -0.1) is 12.4 Å².